The number of hydrogen-bond donors (Lipinski definition) is 0. The van der Waals surface area contributed by atoms with Crippen LogP contribution in [-0.4, -0.2) is 53.4 Å². The van der Waals surface area contributed by atoms with Crippen LogP contribution in [0, 0.1) is 5.41 Å². The first-order valence-electron chi connectivity index (χ1n) is 10.4. The maximum Gasteiger partial charge on any atom is 0.225 e. The van der Waals surface area contributed by atoms with Gasteiger partial charge in [0.15, 0.2) is 5.78 Å². The first-order chi connectivity index (χ1) is 12.6. The molecule has 0 aliphatic carbocycles. The van der Waals surface area contributed by atoms with Crippen LogP contribution >= 0.6 is 0 Å². The van der Waals surface area contributed by atoms with Crippen molar-refractivity contribution in [3.8, 4) is 0 Å². The molecular weight excluding hydrogens is 336 g/mol. The molecule has 2 fully saturated rings. The Kier molecular flexibility index (Phi) is 12.1. The molecule has 2 aliphatic heterocycles. The van der Waals surface area contributed by atoms with Gasteiger partial charge in [0.1, 0.15) is 0 Å². The number of piperidine rings is 2. The zero-order valence-electron chi connectivity index (χ0n) is 17.7. The van der Waals surface area contributed by atoms with Crippen LogP contribution in [0.4, 0.5) is 5.95 Å². The molecule has 0 bridgehead atoms. The van der Waals surface area contributed by atoms with E-state index in [1.807, 2.05) is 27.7 Å². The molecule has 2 aliphatic rings. The smallest absolute Gasteiger partial charge is 0.225 e. The third-order valence-corrected chi connectivity index (χ3v) is 5.52. The number of carbonyl (C=O) groups is 1. The van der Waals surface area contributed by atoms with Crippen molar-refractivity contribution >= 4 is 11.7 Å². The summed E-state index contributed by atoms with van der Waals surface area (Å²) < 4.78 is 0. The summed E-state index contributed by atoms with van der Waals surface area (Å²) in [7, 11) is 0. The summed E-state index contributed by atoms with van der Waals surface area (Å²) in [6.45, 7) is 17.5. The van der Waals surface area contributed by atoms with Crippen molar-refractivity contribution in [1.29, 1.82) is 0 Å². The second kappa shape index (κ2) is 12.8. The molecule has 1 aromatic heterocycles. The van der Waals surface area contributed by atoms with Crippen molar-refractivity contribution in [3.63, 3.8) is 0 Å². The number of rotatable bonds is 3. The maximum atomic E-state index is 11.3. The molecule has 0 saturated carbocycles. The van der Waals surface area contributed by atoms with Crippen LogP contribution in [-0.2, 0) is 0 Å². The van der Waals surface area contributed by atoms with E-state index in [1.54, 1.807) is 19.3 Å². The van der Waals surface area contributed by atoms with Gasteiger partial charge in [0.2, 0.25) is 5.95 Å². The Bertz CT molecular complexity index is 512. The Morgan fingerprint density at radius 2 is 1.41 bits per heavy atom. The van der Waals surface area contributed by atoms with Crippen LogP contribution in [0.3, 0.4) is 0 Å². The third-order valence-electron chi connectivity index (χ3n) is 5.52. The van der Waals surface area contributed by atoms with Gasteiger partial charge in [0.25, 0.3) is 0 Å². The standard InChI is InChI=1S/C17H26N4O.2C2H6.CH4/c1-3-20-8-4-17(5-9-20)6-10-21(11-7-17)16-18-12-15(13-19-16)14(2)22;2*1-2;/h12-13H,3-11H2,1-2H3;2*1-2H3;1H4. The molecule has 0 aromatic carbocycles. The largest absolute Gasteiger partial charge is 0.341 e. The summed E-state index contributed by atoms with van der Waals surface area (Å²) in [4.78, 5) is 24.8. The van der Waals surface area contributed by atoms with E-state index in [4.69, 9.17) is 0 Å². The number of anilines is 1. The lowest BCUT2D eigenvalue weighted by Gasteiger charge is -2.46. The lowest BCUT2D eigenvalue weighted by Crippen LogP contribution is -2.47. The monoisotopic (exact) mass is 378 g/mol. The van der Waals surface area contributed by atoms with E-state index in [1.165, 1.54) is 45.3 Å². The van der Waals surface area contributed by atoms with E-state index in [-0.39, 0.29) is 13.2 Å². The van der Waals surface area contributed by atoms with Crippen molar-refractivity contribution < 1.29 is 4.79 Å². The highest BCUT2D eigenvalue weighted by Gasteiger charge is 2.37. The van der Waals surface area contributed by atoms with E-state index in [2.05, 4.69) is 26.7 Å². The molecule has 3 rings (SSSR count). The van der Waals surface area contributed by atoms with Crippen molar-refractivity contribution in [2.45, 2.75) is 74.7 Å². The molecule has 3 heterocycles. The SMILES string of the molecule is C.CC.CC.CCN1CCC2(CC1)CCN(c1ncc(C(C)=O)cn1)CC2. The van der Waals surface area contributed by atoms with E-state index < -0.39 is 0 Å². The zero-order valence-corrected chi connectivity index (χ0v) is 17.7. The van der Waals surface area contributed by atoms with Crippen LogP contribution < -0.4 is 4.90 Å². The van der Waals surface area contributed by atoms with Crippen LogP contribution in [0.15, 0.2) is 12.4 Å². The van der Waals surface area contributed by atoms with Gasteiger partial charge in [-0.3, -0.25) is 4.79 Å². The fraction of sp³-hybridized carbons (Fsp3) is 0.773. The molecule has 27 heavy (non-hydrogen) atoms. The highest BCUT2D eigenvalue weighted by atomic mass is 16.1. The number of ketones is 1. The number of hydrogen-bond acceptors (Lipinski definition) is 5. The Morgan fingerprint density at radius 1 is 0.963 bits per heavy atom. The van der Waals surface area contributed by atoms with Crippen molar-refractivity contribution in [2.24, 2.45) is 5.41 Å². The van der Waals surface area contributed by atoms with Crippen molar-refractivity contribution in [1.82, 2.24) is 14.9 Å². The minimum Gasteiger partial charge on any atom is -0.341 e. The average molecular weight is 379 g/mol. The van der Waals surface area contributed by atoms with Crippen LogP contribution in [0.25, 0.3) is 0 Å². The summed E-state index contributed by atoms with van der Waals surface area (Å²) >= 11 is 0. The average Bonchev–Trinajstić information content (AvgIpc) is 2.72. The number of nitrogens with zero attached hydrogens (tertiary/aromatic N) is 4. The molecule has 2 saturated heterocycles. The lowest BCUT2D eigenvalue weighted by molar-refractivity contribution is 0.0828. The maximum absolute atomic E-state index is 11.3. The predicted molar refractivity (Wildman–Crippen MR) is 117 cm³/mol. The van der Waals surface area contributed by atoms with Gasteiger partial charge < -0.3 is 9.80 Å². The first kappa shape index (κ1) is 25.5. The van der Waals surface area contributed by atoms with Gasteiger partial charge in [-0.15, -0.1) is 0 Å². The molecule has 0 radical (unpaired) electrons. The summed E-state index contributed by atoms with van der Waals surface area (Å²) in [5, 5.41) is 0. The second-order valence-corrected chi connectivity index (χ2v) is 6.75. The summed E-state index contributed by atoms with van der Waals surface area (Å²) in [6.07, 6.45) is 8.44. The van der Waals surface area contributed by atoms with Gasteiger partial charge in [-0.1, -0.05) is 42.0 Å². The van der Waals surface area contributed by atoms with E-state index >= 15 is 0 Å². The van der Waals surface area contributed by atoms with Gasteiger partial charge in [0.05, 0.1) is 5.56 Å². The highest BCUT2D eigenvalue weighted by Crippen LogP contribution is 2.41. The molecule has 0 atom stereocenters. The lowest BCUT2D eigenvalue weighted by atomic mass is 9.71. The normalized spacial score (nSPS) is 18.4. The quantitative estimate of drug-likeness (QED) is 0.687. The first-order valence-corrected chi connectivity index (χ1v) is 10.4. The van der Waals surface area contributed by atoms with Crippen LogP contribution in [0.1, 0.15) is 85.0 Å². The summed E-state index contributed by atoms with van der Waals surface area (Å²) in [5.41, 5.74) is 1.13. The Labute approximate surface area is 167 Å². The van der Waals surface area contributed by atoms with Gasteiger partial charge in [-0.25, -0.2) is 9.97 Å². The number of aromatic nitrogens is 2. The summed E-state index contributed by atoms with van der Waals surface area (Å²) in [5.74, 6) is 0.790. The topological polar surface area (TPSA) is 49.3 Å². The van der Waals surface area contributed by atoms with Crippen molar-refractivity contribution in [2.75, 3.05) is 37.6 Å². The highest BCUT2D eigenvalue weighted by molar-refractivity contribution is 5.93. The van der Waals surface area contributed by atoms with E-state index in [0.717, 1.165) is 19.0 Å². The molecule has 0 amide bonds. The van der Waals surface area contributed by atoms with E-state index in [0.29, 0.717) is 11.0 Å². The Balaban J connectivity index is 0.00000127. The van der Waals surface area contributed by atoms with E-state index in [9.17, 15) is 4.79 Å². The second-order valence-electron chi connectivity index (χ2n) is 6.75. The number of carbonyl (C=O) groups excluding carboxylic acids is 1. The number of Topliss-reactive ketones (excluding diaryl/α,β-unsaturated/α-hetero) is 1. The Hall–Kier alpha value is -1.49. The zero-order chi connectivity index (χ0) is 19.6. The molecule has 156 valence electrons. The van der Waals surface area contributed by atoms with Crippen LogP contribution in [0.5, 0.6) is 0 Å². The van der Waals surface area contributed by atoms with Gasteiger partial charge in [-0.2, -0.15) is 0 Å². The van der Waals surface area contributed by atoms with Gasteiger partial charge in [0, 0.05) is 25.5 Å². The number of likely N-dealkylation sites (tertiary alicyclic amines) is 1. The fourth-order valence-electron chi connectivity index (χ4n) is 3.69. The molecule has 0 N–H and O–H groups in total. The molecular formula is C22H42N4O. The molecule has 5 heteroatoms. The van der Waals surface area contributed by atoms with Crippen molar-refractivity contribution in [3.05, 3.63) is 18.0 Å². The molecule has 1 aromatic rings. The minimum atomic E-state index is 0. The predicted octanol–water partition coefficient (Wildman–Crippen LogP) is 5.07. The molecule has 5 nitrogen and oxygen atoms in total. The van der Waals surface area contributed by atoms with Gasteiger partial charge >= 0.3 is 0 Å². The third kappa shape index (κ3) is 6.87. The Morgan fingerprint density at radius 3 is 1.81 bits per heavy atom. The fourth-order valence-corrected chi connectivity index (χ4v) is 3.69. The summed E-state index contributed by atoms with van der Waals surface area (Å²) in [6, 6.07) is 0. The van der Waals surface area contributed by atoms with Gasteiger partial charge in [-0.05, 0) is 57.7 Å². The molecule has 0 unspecified atom stereocenters. The van der Waals surface area contributed by atoms with Crippen LogP contribution in [0.2, 0.25) is 0 Å². The molecule has 1 spiro atoms. The minimum absolute atomic E-state index is 0.